The largest absolute Gasteiger partial charge is 0.496 e. The van der Waals surface area contributed by atoms with E-state index in [0.717, 1.165) is 28.8 Å². The van der Waals surface area contributed by atoms with Crippen LogP contribution in [0.3, 0.4) is 0 Å². The van der Waals surface area contributed by atoms with Gasteiger partial charge in [-0.2, -0.15) is 0 Å². The molecular formula is C19H18N4O3S. The number of benzene rings is 2. The minimum Gasteiger partial charge on any atom is -0.496 e. The van der Waals surface area contributed by atoms with Crippen molar-refractivity contribution in [3.05, 3.63) is 59.0 Å². The van der Waals surface area contributed by atoms with Gasteiger partial charge < -0.3 is 14.1 Å². The van der Waals surface area contributed by atoms with Gasteiger partial charge in [0.05, 0.1) is 23.7 Å². The number of hydrogen-bond donors (Lipinski definition) is 1. The summed E-state index contributed by atoms with van der Waals surface area (Å²) in [7, 11) is 1.61. The van der Waals surface area contributed by atoms with Crippen LogP contribution < -0.4 is 10.4 Å². The van der Waals surface area contributed by atoms with E-state index in [1.54, 1.807) is 11.7 Å². The lowest BCUT2D eigenvalue weighted by Crippen LogP contribution is -2.17. The van der Waals surface area contributed by atoms with Crippen molar-refractivity contribution in [2.45, 2.75) is 18.2 Å². The minimum atomic E-state index is -0.0857. The summed E-state index contributed by atoms with van der Waals surface area (Å²) in [5.74, 6) is 1.89. The number of fused-ring (bicyclic) bond motifs is 1. The first-order chi connectivity index (χ1) is 13.3. The van der Waals surface area contributed by atoms with E-state index in [9.17, 15) is 4.79 Å². The normalized spacial score (nSPS) is 11.1. The summed E-state index contributed by atoms with van der Waals surface area (Å²) >= 11 is 1.48. The van der Waals surface area contributed by atoms with Crippen molar-refractivity contribution in [2.75, 3.05) is 12.9 Å². The molecule has 0 unspecified atom stereocenters. The average molecular weight is 382 g/mol. The highest BCUT2D eigenvalue weighted by Gasteiger charge is 2.13. The summed E-state index contributed by atoms with van der Waals surface area (Å²) in [4.78, 5) is 14.9. The third kappa shape index (κ3) is 3.61. The average Bonchev–Trinajstić information content (AvgIpc) is 3.29. The van der Waals surface area contributed by atoms with Crippen LogP contribution in [-0.4, -0.2) is 32.6 Å². The molecule has 0 radical (unpaired) electrons. The highest BCUT2D eigenvalue weighted by Crippen LogP contribution is 2.30. The highest BCUT2D eigenvalue weighted by atomic mass is 32.2. The van der Waals surface area contributed by atoms with E-state index >= 15 is 0 Å². The number of hydrogen-bond acceptors (Lipinski definition) is 6. The number of ether oxygens (including phenoxy) is 1. The Kier molecular flexibility index (Phi) is 4.97. The fraction of sp³-hybridized carbons (Fsp3) is 0.211. The SMILES string of the molecule is COc1ccccc1-c1nnc(SCCCn2c(=O)[nH]c3ccccc32)o1. The maximum Gasteiger partial charge on any atom is 0.326 e. The molecule has 0 aliphatic rings. The van der Waals surface area contributed by atoms with E-state index in [1.807, 2.05) is 48.5 Å². The molecule has 0 saturated carbocycles. The van der Waals surface area contributed by atoms with Crippen molar-refractivity contribution in [2.24, 2.45) is 0 Å². The lowest BCUT2D eigenvalue weighted by molar-refractivity contribution is 0.411. The van der Waals surface area contributed by atoms with Crippen LogP contribution in [0.1, 0.15) is 6.42 Å². The molecule has 0 aliphatic heterocycles. The molecule has 8 heteroatoms. The molecule has 0 aliphatic carbocycles. The van der Waals surface area contributed by atoms with Gasteiger partial charge in [0.2, 0.25) is 0 Å². The summed E-state index contributed by atoms with van der Waals surface area (Å²) in [6, 6.07) is 15.2. The molecule has 4 aromatic rings. The second-order valence-electron chi connectivity index (χ2n) is 5.87. The van der Waals surface area contributed by atoms with Crippen molar-refractivity contribution >= 4 is 22.8 Å². The Labute approximate surface area is 159 Å². The highest BCUT2D eigenvalue weighted by molar-refractivity contribution is 7.99. The van der Waals surface area contributed by atoms with Gasteiger partial charge in [0.25, 0.3) is 11.1 Å². The first-order valence-electron chi connectivity index (χ1n) is 8.53. The molecule has 138 valence electrons. The predicted molar refractivity (Wildman–Crippen MR) is 104 cm³/mol. The Balaban J connectivity index is 1.38. The van der Waals surface area contributed by atoms with Crippen molar-refractivity contribution < 1.29 is 9.15 Å². The zero-order valence-corrected chi connectivity index (χ0v) is 15.5. The first kappa shape index (κ1) is 17.4. The Hall–Kier alpha value is -3.00. The Morgan fingerprint density at radius 3 is 2.85 bits per heavy atom. The topological polar surface area (TPSA) is 85.9 Å². The molecule has 4 rings (SSSR count). The standard InChI is InChI=1S/C19H18N4O3S/c1-25-16-10-5-2-7-13(16)17-21-22-19(26-17)27-12-6-11-23-15-9-4-3-8-14(15)20-18(23)24/h2-5,7-10H,6,11-12H2,1H3,(H,20,24). The lowest BCUT2D eigenvalue weighted by Gasteiger charge is -2.03. The number of rotatable bonds is 7. The predicted octanol–water partition coefficient (Wildman–Crippen LogP) is 3.57. The van der Waals surface area contributed by atoms with Gasteiger partial charge >= 0.3 is 5.69 Å². The molecule has 2 aromatic carbocycles. The first-order valence-corrected chi connectivity index (χ1v) is 9.52. The van der Waals surface area contributed by atoms with E-state index in [1.165, 1.54) is 11.8 Å². The van der Waals surface area contributed by atoms with Crippen molar-refractivity contribution in [3.63, 3.8) is 0 Å². The quantitative estimate of drug-likeness (QED) is 0.388. The maximum absolute atomic E-state index is 12.1. The van der Waals surface area contributed by atoms with Crippen LogP contribution in [0.2, 0.25) is 0 Å². The van der Waals surface area contributed by atoms with Crippen LogP contribution >= 0.6 is 11.8 Å². The Bertz CT molecular complexity index is 1120. The number of aryl methyl sites for hydroxylation is 1. The summed E-state index contributed by atoms with van der Waals surface area (Å²) < 4.78 is 12.8. The van der Waals surface area contributed by atoms with E-state index in [0.29, 0.717) is 23.4 Å². The fourth-order valence-electron chi connectivity index (χ4n) is 2.91. The van der Waals surface area contributed by atoms with Crippen molar-refractivity contribution in [1.82, 2.24) is 19.7 Å². The molecule has 27 heavy (non-hydrogen) atoms. The number of nitrogens with zero attached hydrogens (tertiary/aromatic N) is 3. The molecule has 0 fully saturated rings. The minimum absolute atomic E-state index is 0.0857. The molecule has 0 bridgehead atoms. The number of para-hydroxylation sites is 3. The van der Waals surface area contributed by atoms with Crippen molar-refractivity contribution in [3.8, 4) is 17.2 Å². The third-order valence-corrected chi connectivity index (χ3v) is 5.08. The summed E-state index contributed by atoms with van der Waals surface area (Å²) in [6.45, 7) is 0.628. The number of thioether (sulfide) groups is 1. The molecule has 2 aromatic heterocycles. The van der Waals surface area contributed by atoms with Crippen molar-refractivity contribution in [1.29, 1.82) is 0 Å². The van der Waals surface area contributed by atoms with Gasteiger partial charge in [-0.3, -0.25) is 4.57 Å². The number of aromatic amines is 1. The lowest BCUT2D eigenvalue weighted by atomic mass is 10.2. The zero-order chi connectivity index (χ0) is 18.6. The number of imidazole rings is 1. The van der Waals surface area contributed by atoms with Gasteiger partial charge in [0.1, 0.15) is 5.75 Å². The van der Waals surface area contributed by atoms with Gasteiger partial charge in [-0.25, -0.2) is 4.79 Å². The van der Waals surface area contributed by atoms with E-state index in [4.69, 9.17) is 9.15 Å². The van der Waals surface area contributed by atoms with Crippen LogP contribution in [0.15, 0.2) is 63.0 Å². The second kappa shape index (κ2) is 7.71. The monoisotopic (exact) mass is 382 g/mol. The smallest absolute Gasteiger partial charge is 0.326 e. The van der Waals surface area contributed by atoms with Crippen LogP contribution in [0.5, 0.6) is 5.75 Å². The summed E-state index contributed by atoms with van der Waals surface area (Å²) in [5, 5.41) is 8.69. The van der Waals surface area contributed by atoms with E-state index in [2.05, 4.69) is 15.2 Å². The Morgan fingerprint density at radius 2 is 1.96 bits per heavy atom. The molecule has 0 spiro atoms. The summed E-state index contributed by atoms with van der Waals surface area (Å²) in [6.07, 6.45) is 0.804. The van der Waals surface area contributed by atoms with E-state index in [-0.39, 0.29) is 5.69 Å². The van der Waals surface area contributed by atoms with Gasteiger partial charge in [-0.15, -0.1) is 10.2 Å². The fourth-order valence-corrected chi connectivity index (χ4v) is 3.59. The zero-order valence-electron chi connectivity index (χ0n) is 14.7. The molecule has 0 atom stereocenters. The maximum atomic E-state index is 12.1. The number of methoxy groups -OCH3 is 1. The molecule has 1 N–H and O–H groups in total. The number of aromatic nitrogens is 4. The van der Waals surface area contributed by atoms with Gasteiger partial charge in [-0.1, -0.05) is 36.0 Å². The number of H-pyrrole nitrogens is 1. The summed E-state index contributed by atoms with van der Waals surface area (Å²) in [5.41, 5.74) is 2.46. The van der Waals surface area contributed by atoms with E-state index < -0.39 is 0 Å². The Morgan fingerprint density at radius 1 is 1.15 bits per heavy atom. The van der Waals surface area contributed by atoms with Crippen LogP contribution in [0.4, 0.5) is 0 Å². The van der Waals surface area contributed by atoms with Gasteiger partial charge in [0.15, 0.2) is 0 Å². The molecule has 0 saturated heterocycles. The van der Waals surface area contributed by atoms with Gasteiger partial charge in [0, 0.05) is 12.3 Å². The number of nitrogens with one attached hydrogen (secondary N) is 1. The van der Waals surface area contributed by atoms with Gasteiger partial charge in [-0.05, 0) is 30.7 Å². The second-order valence-corrected chi connectivity index (χ2v) is 6.92. The molecule has 0 amide bonds. The van der Waals surface area contributed by atoms with Crippen LogP contribution in [0, 0.1) is 0 Å². The molecule has 2 heterocycles. The third-order valence-electron chi connectivity index (χ3n) is 4.18. The van der Waals surface area contributed by atoms with Crippen LogP contribution in [0.25, 0.3) is 22.5 Å². The van der Waals surface area contributed by atoms with Crippen LogP contribution in [-0.2, 0) is 6.54 Å². The molecule has 7 nitrogen and oxygen atoms in total. The molecular weight excluding hydrogens is 364 g/mol.